The maximum absolute atomic E-state index is 10.7. The highest BCUT2D eigenvalue weighted by molar-refractivity contribution is 5.68. The number of phenolic OH excluding ortho intramolecular Hbond substituents is 2. The molecule has 0 aliphatic heterocycles. The van der Waals surface area contributed by atoms with Crippen molar-refractivity contribution in [1.82, 2.24) is 0 Å². The van der Waals surface area contributed by atoms with Gasteiger partial charge in [-0.2, -0.15) is 0 Å². The van der Waals surface area contributed by atoms with E-state index in [-0.39, 0.29) is 17.2 Å². The lowest BCUT2D eigenvalue weighted by Gasteiger charge is -2.21. The summed E-state index contributed by atoms with van der Waals surface area (Å²) in [6.07, 6.45) is 21.0. The Morgan fingerprint density at radius 3 is 1.17 bits per heavy atom. The van der Waals surface area contributed by atoms with Crippen molar-refractivity contribution in [2.24, 2.45) is 0 Å². The molecule has 5 nitrogen and oxygen atoms in total. The number of hydrogen-bond acceptors (Lipinski definition) is 5. The molecule has 1 aromatic carbocycles. The van der Waals surface area contributed by atoms with Crippen LogP contribution in [0.4, 0.5) is 0 Å². The number of aromatic hydroxyl groups is 2. The van der Waals surface area contributed by atoms with Crippen LogP contribution in [0.2, 0.25) is 0 Å². The van der Waals surface area contributed by atoms with E-state index in [1.165, 1.54) is 77.0 Å². The number of ether oxygens (including phenoxy) is 3. The lowest BCUT2D eigenvalue weighted by molar-refractivity contribution is 0.223. The van der Waals surface area contributed by atoms with Crippen LogP contribution >= 0.6 is 0 Å². The third kappa shape index (κ3) is 13.0. The lowest BCUT2D eigenvalue weighted by Crippen LogP contribution is -2.08. The Hall–Kier alpha value is -1.78. The number of unbranched alkanes of at least 4 members (excludes halogenated alkanes) is 15. The summed E-state index contributed by atoms with van der Waals surface area (Å²) < 4.78 is 18.4. The van der Waals surface area contributed by atoms with Crippen molar-refractivity contribution >= 4 is 0 Å². The second-order valence-corrected chi connectivity index (χ2v) is 10.2. The van der Waals surface area contributed by atoms with Gasteiger partial charge in [0.05, 0.1) is 19.8 Å². The van der Waals surface area contributed by atoms with Gasteiger partial charge in [0.1, 0.15) is 0 Å². The summed E-state index contributed by atoms with van der Waals surface area (Å²) in [7, 11) is 0. The van der Waals surface area contributed by atoms with E-state index in [0.717, 1.165) is 38.5 Å². The van der Waals surface area contributed by atoms with Crippen LogP contribution in [0.3, 0.4) is 0 Å². The first-order valence-corrected chi connectivity index (χ1v) is 15.0. The Bertz CT molecular complexity index is 628. The van der Waals surface area contributed by atoms with E-state index in [1.807, 2.05) is 0 Å². The van der Waals surface area contributed by atoms with Gasteiger partial charge in [-0.05, 0) is 26.2 Å². The summed E-state index contributed by atoms with van der Waals surface area (Å²) in [5, 5.41) is 21.4. The lowest BCUT2D eigenvalue weighted by atomic mass is 10.1. The molecule has 2 N–H and O–H groups in total. The van der Waals surface area contributed by atoms with Gasteiger partial charge < -0.3 is 24.4 Å². The first kappa shape index (κ1) is 32.2. The van der Waals surface area contributed by atoms with E-state index in [1.54, 1.807) is 6.92 Å². The minimum Gasteiger partial charge on any atom is -0.504 e. The highest BCUT2D eigenvalue weighted by Gasteiger charge is 2.25. The zero-order valence-corrected chi connectivity index (χ0v) is 24.0. The summed E-state index contributed by atoms with van der Waals surface area (Å²) in [4.78, 5) is 0. The Morgan fingerprint density at radius 2 is 0.750 bits per heavy atom. The topological polar surface area (TPSA) is 68.2 Å². The molecule has 0 aromatic heterocycles. The van der Waals surface area contributed by atoms with E-state index in [2.05, 4.69) is 20.8 Å². The second kappa shape index (κ2) is 21.3. The monoisotopic (exact) mass is 508 g/mol. The Kier molecular flexibility index (Phi) is 19.1. The molecule has 0 unspecified atom stereocenters. The van der Waals surface area contributed by atoms with Crippen LogP contribution < -0.4 is 14.2 Å². The average Bonchev–Trinajstić information content (AvgIpc) is 2.88. The molecule has 1 rings (SSSR count). The fourth-order valence-electron chi connectivity index (χ4n) is 4.38. The largest absolute Gasteiger partial charge is 0.504 e. The molecule has 0 saturated carbocycles. The van der Waals surface area contributed by atoms with Crippen LogP contribution in [0, 0.1) is 6.92 Å². The third-order valence-electron chi connectivity index (χ3n) is 6.78. The van der Waals surface area contributed by atoms with Crippen molar-refractivity contribution in [3.63, 3.8) is 0 Å². The fourth-order valence-corrected chi connectivity index (χ4v) is 4.38. The molecule has 0 spiro atoms. The Balaban J connectivity index is 2.83. The normalized spacial score (nSPS) is 11.1. The van der Waals surface area contributed by atoms with Gasteiger partial charge in [0.2, 0.25) is 17.2 Å². The Labute approximate surface area is 221 Å². The predicted octanol–water partition coefficient (Wildman–Crippen LogP) is 9.62. The zero-order valence-electron chi connectivity index (χ0n) is 24.0. The van der Waals surface area contributed by atoms with Crippen LogP contribution in [0.25, 0.3) is 0 Å². The highest BCUT2D eigenvalue weighted by Crippen LogP contribution is 2.52. The molecule has 0 saturated heterocycles. The molecule has 0 aliphatic rings. The van der Waals surface area contributed by atoms with Gasteiger partial charge in [0.15, 0.2) is 11.5 Å². The van der Waals surface area contributed by atoms with Crippen molar-refractivity contribution < 1.29 is 24.4 Å². The molecule has 36 heavy (non-hydrogen) atoms. The highest BCUT2D eigenvalue weighted by atomic mass is 16.5. The van der Waals surface area contributed by atoms with Gasteiger partial charge in [0.25, 0.3) is 0 Å². The molecule has 0 radical (unpaired) electrons. The minimum absolute atomic E-state index is 0.183. The molecule has 0 bridgehead atoms. The number of rotatable bonds is 24. The second-order valence-electron chi connectivity index (χ2n) is 10.2. The summed E-state index contributed by atoms with van der Waals surface area (Å²) in [6, 6.07) is 0. The SMILES string of the molecule is CCCCCCCCOc1c(C)c(O)c(O)c(OCCCCCCCC)c1OCCCCCCCC. The molecule has 0 aliphatic carbocycles. The molecule has 1 aromatic rings. The van der Waals surface area contributed by atoms with E-state index in [9.17, 15) is 10.2 Å². The number of hydrogen-bond donors (Lipinski definition) is 2. The van der Waals surface area contributed by atoms with E-state index in [0.29, 0.717) is 36.9 Å². The van der Waals surface area contributed by atoms with E-state index in [4.69, 9.17) is 14.2 Å². The minimum atomic E-state index is -0.247. The van der Waals surface area contributed by atoms with Gasteiger partial charge in [-0.3, -0.25) is 0 Å². The van der Waals surface area contributed by atoms with Crippen LogP contribution in [-0.4, -0.2) is 30.0 Å². The first-order valence-electron chi connectivity index (χ1n) is 15.0. The maximum Gasteiger partial charge on any atom is 0.211 e. The Morgan fingerprint density at radius 1 is 0.417 bits per heavy atom. The maximum atomic E-state index is 10.7. The summed E-state index contributed by atoms with van der Waals surface area (Å²) >= 11 is 0. The van der Waals surface area contributed by atoms with Crippen molar-refractivity contribution in [3.8, 4) is 28.7 Å². The number of benzene rings is 1. The van der Waals surface area contributed by atoms with Gasteiger partial charge >= 0.3 is 0 Å². The molecule has 0 fully saturated rings. The van der Waals surface area contributed by atoms with Gasteiger partial charge in [-0.1, -0.05) is 117 Å². The quantitative estimate of drug-likeness (QED) is 0.107. The summed E-state index contributed by atoms with van der Waals surface area (Å²) in [6.45, 7) is 10.0. The third-order valence-corrected chi connectivity index (χ3v) is 6.78. The molecular formula is C31H56O5. The molecule has 0 atom stereocenters. The molecule has 0 heterocycles. The van der Waals surface area contributed by atoms with Crippen molar-refractivity contribution in [2.75, 3.05) is 19.8 Å². The van der Waals surface area contributed by atoms with Gasteiger partial charge in [-0.15, -0.1) is 0 Å². The molecule has 0 amide bonds. The fraction of sp³-hybridized carbons (Fsp3) is 0.806. The first-order chi connectivity index (χ1) is 17.6. The molecule has 210 valence electrons. The smallest absolute Gasteiger partial charge is 0.211 e. The van der Waals surface area contributed by atoms with Crippen LogP contribution in [-0.2, 0) is 0 Å². The van der Waals surface area contributed by atoms with Gasteiger partial charge in [-0.25, -0.2) is 0 Å². The van der Waals surface area contributed by atoms with Gasteiger partial charge in [0, 0.05) is 5.56 Å². The van der Waals surface area contributed by atoms with Crippen molar-refractivity contribution in [2.45, 2.75) is 143 Å². The average molecular weight is 509 g/mol. The molecular weight excluding hydrogens is 452 g/mol. The van der Waals surface area contributed by atoms with E-state index >= 15 is 0 Å². The predicted molar refractivity (Wildman–Crippen MR) is 151 cm³/mol. The van der Waals surface area contributed by atoms with Crippen molar-refractivity contribution in [1.29, 1.82) is 0 Å². The van der Waals surface area contributed by atoms with E-state index < -0.39 is 0 Å². The van der Waals surface area contributed by atoms with Crippen LogP contribution in [0.15, 0.2) is 0 Å². The summed E-state index contributed by atoms with van der Waals surface area (Å²) in [5.41, 5.74) is 0.503. The van der Waals surface area contributed by atoms with Crippen LogP contribution in [0.1, 0.15) is 142 Å². The molecule has 5 heteroatoms. The number of phenols is 2. The van der Waals surface area contributed by atoms with Crippen molar-refractivity contribution in [3.05, 3.63) is 5.56 Å². The summed E-state index contributed by atoms with van der Waals surface area (Å²) in [5.74, 6) is 0.729. The van der Waals surface area contributed by atoms with Crippen LogP contribution in [0.5, 0.6) is 28.7 Å². The standard InChI is InChI=1S/C31H56O5/c1-5-8-11-14-17-20-23-34-29-26(4)27(32)28(33)30(35-24-21-18-15-12-9-6-2)31(29)36-25-22-19-16-13-10-7-3/h32-33H,5-25H2,1-4H3. The zero-order chi connectivity index (χ0) is 26.4.